The number of benzene rings is 1. The summed E-state index contributed by atoms with van der Waals surface area (Å²) in [6.45, 7) is 7.35. The summed E-state index contributed by atoms with van der Waals surface area (Å²) in [4.78, 5) is 11.9. The topological polar surface area (TPSA) is 92.7 Å². The first-order valence-electron chi connectivity index (χ1n) is 8.53. The minimum absolute atomic E-state index is 0.0124. The number of carbonyl (C=O) groups is 1. The van der Waals surface area contributed by atoms with Gasteiger partial charge in [-0.2, -0.15) is 8.42 Å². The van der Waals surface area contributed by atoms with Gasteiger partial charge in [-0.1, -0.05) is 17.7 Å². The summed E-state index contributed by atoms with van der Waals surface area (Å²) in [5, 5.41) is 2.87. The van der Waals surface area contributed by atoms with Crippen molar-refractivity contribution in [2.45, 2.75) is 75.8 Å². The number of aryl methyl sites for hydroxylation is 1. The van der Waals surface area contributed by atoms with Gasteiger partial charge < -0.3 is 10.1 Å². The molecule has 1 saturated carbocycles. The summed E-state index contributed by atoms with van der Waals surface area (Å²) in [7, 11) is -4.24. The second kappa shape index (κ2) is 7.33. The molecule has 0 atom stereocenters. The van der Waals surface area contributed by atoms with Gasteiger partial charge >= 0.3 is 6.09 Å². The predicted octanol–water partition coefficient (Wildman–Crippen LogP) is 3.79. The lowest BCUT2D eigenvalue weighted by Gasteiger charge is -2.31. The number of carbonyl (C=O) groups excluding carboxylic acids is 1. The highest BCUT2D eigenvalue weighted by atomic mass is 32.2. The highest BCUT2D eigenvalue weighted by molar-refractivity contribution is 7.85. The van der Waals surface area contributed by atoms with Crippen molar-refractivity contribution in [1.82, 2.24) is 5.32 Å². The molecule has 0 saturated heterocycles. The van der Waals surface area contributed by atoms with Crippen molar-refractivity contribution < 1.29 is 22.5 Å². The minimum atomic E-state index is -4.24. The normalized spacial score (nSPS) is 21.6. The van der Waals surface area contributed by atoms with Gasteiger partial charge in [0, 0.05) is 6.04 Å². The van der Waals surface area contributed by atoms with E-state index in [4.69, 9.17) is 4.74 Å². The summed E-state index contributed by atoms with van der Waals surface area (Å²) < 4.78 is 38.0. The Morgan fingerprint density at radius 3 is 2.32 bits per heavy atom. The first-order chi connectivity index (χ1) is 11.5. The molecular formula is C18H27NO5S. The van der Waals surface area contributed by atoms with Crippen LogP contribution >= 0.6 is 0 Å². The number of hydrogen-bond acceptors (Lipinski definition) is 4. The molecule has 1 aliphatic carbocycles. The average Bonchev–Trinajstić information content (AvgIpc) is 2.44. The maximum Gasteiger partial charge on any atom is 0.407 e. The first-order valence-corrected chi connectivity index (χ1v) is 9.97. The fourth-order valence-electron chi connectivity index (χ4n) is 3.24. The van der Waals surface area contributed by atoms with Crippen LogP contribution in [0.25, 0.3) is 0 Å². The Kier molecular flexibility index (Phi) is 5.79. The number of ether oxygens (including phenoxy) is 1. The standard InChI is InChI=1S/C18H27NO5S/c1-12-5-10-16(25(21,22)23)15(11-12)13-6-8-14(9-7-13)19-17(20)24-18(2,3)4/h5,10-11,13-14H,6-9H2,1-4H3,(H,19,20)(H,21,22,23)/t13-,14-. The Labute approximate surface area is 149 Å². The number of nitrogens with one attached hydrogen (secondary N) is 1. The Morgan fingerprint density at radius 1 is 1.20 bits per heavy atom. The van der Waals surface area contributed by atoms with Crippen molar-refractivity contribution in [3.05, 3.63) is 29.3 Å². The third-order valence-corrected chi connectivity index (χ3v) is 5.26. The molecule has 6 nitrogen and oxygen atoms in total. The van der Waals surface area contributed by atoms with E-state index in [0.29, 0.717) is 5.56 Å². The van der Waals surface area contributed by atoms with Crippen LogP contribution in [0.4, 0.5) is 4.79 Å². The smallest absolute Gasteiger partial charge is 0.407 e. The molecular weight excluding hydrogens is 342 g/mol. The molecule has 0 aromatic heterocycles. The van der Waals surface area contributed by atoms with Gasteiger partial charge in [0.1, 0.15) is 5.60 Å². The number of amides is 1. The quantitative estimate of drug-likeness (QED) is 0.791. The van der Waals surface area contributed by atoms with Crippen LogP contribution in [0, 0.1) is 6.92 Å². The number of hydrogen-bond donors (Lipinski definition) is 2. The van der Waals surface area contributed by atoms with Crippen molar-refractivity contribution in [1.29, 1.82) is 0 Å². The van der Waals surface area contributed by atoms with Crippen molar-refractivity contribution in [3.8, 4) is 0 Å². The lowest BCUT2D eigenvalue weighted by atomic mass is 9.81. The van der Waals surface area contributed by atoms with Crippen molar-refractivity contribution >= 4 is 16.2 Å². The van der Waals surface area contributed by atoms with E-state index in [0.717, 1.165) is 31.2 Å². The molecule has 1 amide bonds. The highest BCUT2D eigenvalue weighted by Crippen LogP contribution is 2.36. The van der Waals surface area contributed by atoms with Gasteiger partial charge in [0.15, 0.2) is 0 Å². The van der Waals surface area contributed by atoms with Gasteiger partial charge in [-0.15, -0.1) is 0 Å². The van der Waals surface area contributed by atoms with E-state index < -0.39 is 21.8 Å². The number of alkyl carbamates (subject to hydrolysis) is 1. The van der Waals surface area contributed by atoms with Crippen LogP contribution in [-0.2, 0) is 14.9 Å². The Hall–Kier alpha value is -1.60. The van der Waals surface area contributed by atoms with Crippen LogP contribution in [0.2, 0.25) is 0 Å². The lowest BCUT2D eigenvalue weighted by molar-refractivity contribution is 0.0491. The zero-order valence-electron chi connectivity index (χ0n) is 15.2. The summed E-state index contributed by atoms with van der Waals surface area (Å²) in [5.74, 6) is 0.0495. The SMILES string of the molecule is Cc1ccc(S(=O)(=O)O)c([C@H]2CC[C@H](NC(=O)OC(C)(C)C)CC2)c1. The number of rotatable bonds is 3. The maximum atomic E-state index is 11.9. The van der Waals surface area contributed by atoms with Gasteiger partial charge in [0.25, 0.3) is 10.1 Å². The molecule has 0 spiro atoms. The zero-order valence-corrected chi connectivity index (χ0v) is 16.0. The summed E-state index contributed by atoms with van der Waals surface area (Å²) in [6, 6.07) is 4.99. The minimum Gasteiger partial charge on any atom is -0.444 e. The van der Waals surface area contributed by atoms with Crippen molar-refractivity contribution in [2.24, 2.45) is 0 Å². The molecule has 0 heterocycles. The van der Waals surface area contributed by atoms with E-state index >= 15 is 0 Å². The van der Waals surface area contributed by atoms with Crippen LogP contribution in [0.5, 0.6) is 0 Å². The molecule has 140 valence electrons. The van der Waals surface area contributed by atoms with E-state index in [1.165, 1.54) is 6.07 Å². The molecule has 0 bridgehead atoms. The largest absolute Gasteiger partial charge is 0.444 e. The second-order valence-corrected chi connectivity index (χ2v) is 9.10. The van der Waals surface area contributed by atoms with Gasteiger partial charge in [0.05, 0.1) is 4.90 Å². The Bertz CT molecular complexity index is 728. The molecule has 0 unspecified atom stereocenters. The van der Waals surface area contributed by atoms with E-state index in [1.807, 2.05) is 33.8 Å². The van der Waals surface area contributed by atoms with Gasteiger partial charge in [-0.25, -0.2) is 4.79 Å². The van der Waals surface area contributed by atoms with Crippen LogP contribution in [0.15, 0.2) is 23.1 Å². The molecule has 1 aliphatic rings. The summed E-state index contributed by atoms with van der Waals surface area (Å²) in [5.41, 5.74) is 1.09. The average molecular weight is 369 g/mol. The summed E-state index contributed by atoms with van der Waals surface area (Å²) >= 11 is 0. The van der Waals surface area contributed by atoms with Crippen molar-refractivity contribution in [2.75, 3.05) is 0 Å². The van der Waals surface area contributed by atoms with E-state index in [1.54, 1.807) is 6.07 Å². The lowest BCUT2D eigenvalue weighted by Crippen LogP contribution is -2.40. The Balaban J connectivity index is 2.04. The molecule has 0 radical (unpaired) electrons. The van der Waals surface area contributed by atoms with Gasteiger partial charge in [-0.05, 0) is 70.9 Å². The van der Waals surface area contributed by atoms with Crippen LogP contribution in [0.1, 0.15) is 63.5 Å². The van der Waals surface area contributed by atoms with Crippen LogP contribution < -0.4 is 5.32 Å². The second-order valence-electron chi connectivity index (χ2n) is 7.71. The third-order valence-electron chi connectivity index (χ3n) is 4.33. The van der Waals surface area contributed by atoms with Crippen molar-refractivity contribution in [3.63, 3.8) is 0 Å². The fourth-order valence-corrected chi connectivity index (χ4v) is 4.01. The molecule has 1 aromatic carbocycles. The van der Waals surface area contributed by atoms with Gasteiger partial charge in [0.2, 0.25) is 0 Å². The molecule has 2 N–H and O–H groups in total. The summed E-state index contributed by atoms with van der Waals surface area (Å²) in [6.07, 6.45) is 2.54. The maximum absolute atomic E-state index is 11.9. The first kappa shape index (κ1) is 19.7. The van der Waals surface area contributed by atoms with Crippen LogP contribution in [-0.4, -0.2) is 30.7 Å². The van der Waals surface area contributed by atoms with E-state index in [9.17, 15) is 17.8 Å². The third kappa shape index (κ3) is 5.71. The van der Waals surface area contributed by atoms with Gasteiger partial charge in [-0.3, -0.25) is 4.55 Å². The molecule has 2 rings (SSSR count). The Morgan fingerprint density at radius 2 is 1.80 bits per heavy atom. The molecule has 1 aromatic rings. The predicted molar refractivity (Wildman–Crippen MR) is 95.4 cm³/mol. The fraction of sp³-hybridized carbons (Fsp3) is 0.611. The zero-order chi connectivity index (χ0) is 18.8. The molecule has 25 heavy (non-hydrogen) atoms. The van der Waals surface area contributed by atoms with E-state index in [2.05, 4.69) is 5.32 Å². The molecule has 0 aliphatic heterocycles. The molecule has 7 heteroatoms. The van der Waals surface area contributed by atoms with E-state index in [-0.39, 0.29) is 16.9 Å². The van der Waals surface area contributed by atoms with Crippen LogP contribution in [0.3, 0.4) is 0 Å². The molecule has 1 fully saturated rings. The monoisotopic (exact) mass is 369 g/mol. The highest BCUT2D eigenvalue weighted by Gasteiger charge is 2.28.